The number of rotatable bonds is 7. The number of hydrogen-bond donors (Lipinski definition) is 1. The van der Waals surface area contributed by atoms with Gasteiger partial charge in [-0.05, 0) is 69.5 Å². The van der Waals surface area contributed by atoms with Gasteiger partial charge in [0.05, 0.1) is 23.4 Å². The first-order chi connectivity index (χ1) is 14.1. The van der Waals surface area contributed by atoms with Crippen LogP contribution in [-0.2, 0) is 6.61 Å². The summed E-state index contributed by atoms with van der Waals surface area (Å²) in [6.07, 6.45) is 1.57. The van der Waals surface area contributed by atoms with Gasteiger partial charge in [-0.3, -0.25) is 4.79 Å². The smallest absolute Gasteiger partial charge is 0.275 e. The molecule has 5 nitrogen and oxygen atoms in total. The fourth-order valence-electron chi connectivity index (χ4n) is 2.51. The van der Waals surface area contributed by atoms with Gasteiger partial charge in [-0.25, -0.2) is 5.43 Å². The molecule has 3 aromatic carbocycles. The van der Waals surface area contributed by atoms with Crippen LogP contribution in [0.25, 0.3) is 0 Å². The van der Waals surface area contributed by atoms with E-state index < -0.39 is 0 Å². The number of para-hydroxylation sites is 1. The molecule has 0 aliphatic heterocycles. The molecule has 0 bridgehead atoms. The number of methoxy groups -OCH3 is 1. The Morgan fingerprint density at radius 3 is 2.52 bits per heavy atom. The molecule has 0 spiro atoms. The van der Waals surface area contributed by atoms with E-state index in [1.807, 2.05) is 42.5 Å². The van der Waals surface area contributed by atoms with Crippen molar-refractivity contribution in [2.24, 2.45) is 5.10 Å². The van der Waals surface area contributed by atoms with Crippen LogP contribution in [0.2, 0.25) is 0 Å². The number of halogens is 2. The molecule has 1 N–H and O–H groups in total. The molecule has 0 saturated heterocycles. The lowest BCUT2D eigenvalue weighted by molar-refractivity contribution is 0.0952. The van der Waals surface area contributed by atoms with Crippen LogP contribution in [0.15, 0.2) is 80.8 Å². The Bertz CT molecular complexity index is 1020. The highest BCUT2D eigenvalue weighted by molar-refractivity contribution is 9.10. The molecule has 0 aliphatic rings. The fourth-order valence-corrected chi connectivity index (χ4v) is 3.29. The van der Waals surface area contributed by atoms with Crippen LogP contribution in [0.1, 0.15) is 21.5 Å². The standard InChI is InChI=1S/C22H18Br2N2O3/c1-28-20-5-3-2-4-18(20)22(27)26-25-13-16-8-11-21(19(24)12-16)29-14-15-6-9-17(23)10-7-15/h2-13H,14H2,1H3,(H,26,27)/b25-13-. The van der Waals surface area contributed by atoms with Crippen LogP contribution in [0, 0.1) is 0 Å². The summed E-state index contributed by atoms with van der Waals surface area (Å²) in [6, 6.07) is 20.5. The maximum Gasteiger partial charge on any atom is 0.275 e. The van der Waals surface area contributed by atoms with Crippen molar-refractivity contribution in [1.29, 1.82) is 0 Å². The summed E-state index contributed by atoms with van der Waals surface area (Å²) in [5.41, 5.74) is 4.82. The van der Waals surface area contributed by atoms with Crippen molar-refractivity contribution < 1.29 is 14.3 Å². The minimum atomic E-state index is -0.341. The average Bonchev–Trinajstić information content (AvgIpc) is 2.74. The largest absolute Gasteiger partial charge is 0.496 e. The predicted molar refractivity (Wildman–Crippen MR) is 121 cm³/mol. The molecule has 0 unspecified atom stereocenters. The molecule has 1 amide bonds. The summed E-state index contributed by atoms with van der Waals surface area (Å²) in [5.74, 6) is 0.880. The van der Waals surface area contributed by atoms with Gasteiger partial charge in [0.1, 0.15) is 18.1 Å². The molecule has 0 fully saturated rings. The van der Waals surface area contributed by atoms with E-state index in [-0.39, 0.29) is 5.91 Å². The fraction of sp³-hybridized carbons (Fsp3) is 0.0909. The summed E-state index contributed by atoms with van der Waals surface area (Å²) in [4.78, 5) is 12.2. The molecule has 0 aromatic heterocycles. The van der Waals surface area contributed by atoms with E-state index >= 15 is 0 Å². The minimum absolute atomic E-state index is 0.341. The zero-order valence-electron chi connectivity index (χ0n) is 15.6. The monoisotopic (exact) mass is 516 g/mol. The van der Waals surface area contributed by atoms with Crippen LogP contribution < -0.4 is 14.9 Å². The summed E-state index contributed by atoms with van der Waals surface area (Å²) >= 11 is 6.93. The van der Waals surface area contributed by atoms with Gasteiger partial charge in [-0.15, -0.1) is 0 Å². The second kappa shape index (κ2) is 10.2. The third-order valence-corrected chi connectivity index (χ3v) is 5.14. The lowest BCUT2D eigenvalue weighted by Crippen LogP contribution is -2.18. The number of benzene rings is 3. The molecule has 0 radical (unpaired) electrons. The van der Waals surface area contributed by atoms with Crippen molar-refractivity contribution in [3.8, 4) is 11.5 Å². The maximum absolute atomic E-state index is 12.2. The Morgan fingerprint density at radius 1 is 1.03 bits per heavy atom. The van der Waals surface area contributed by atoms with Gasteiger partial charge >= 0.3 is 0 Å². The van der Waals surface area contributed by atoms with E-state index in [1.54, 1.807) is 30.5 Å². The molecule has 0 heterocycles. The molecule has 3 aromatic rings. The van der Waals surface area contributed by atoms with E-state index in [4.69, 9.17) is 9.47 Å². The molecule has 29 heavy (non-hydrogen) atoms. The van der Waals surface area contributed by atoms with Gasteiger partial charge in [0, 0.05) is 4.47 Å². The summed E-state index contributed by atoms with van der Waals surface area (Å²) < 4.78 is 12.9. The SMILES string of the molecule is COc1ccccc1C(=O)N/N=C\c1ccc(OCc2ccc(Br)cc2)c(Br)c1. The summed E-state index contributed by atoms with van der Waals surface area (Å²) in [5, 5.41) is 4.02. The molecule has 148 valence electrons. The van der Waals surface area contributed by atoms with E-state index in [0.717, 1.165) is 25.8 Å². The van der Waals surface area contributed by atoms with E-state index in [9.17, 15) is 4.79 Å². The first-order valence-electron chi connectivity index (χ1n) is 8.70. The highest BCUT2D eigenvalue weighted by Crippen LogP contribution is 2.26. The maximum atomic E-state index is 12.2. The summed E-state index contributed by atoms with van der Waals surface area (Å²) in [7, 11) is 1.52. The number of nitrogens with one attached hydrogen (secondary N) is 1. The number of carbonyl (C=O) groups excluding carboxylic acids is 1. The Hall–Kier alpha value is -2.64. The van der Waals surface area contributed by atoms with E-state index in [2.05, 4.69) is 42.4 Å². The molecule has 3 rings (SSSR count). The first-order valence-corrected chi connectivity index (χ1v) is 10.3. The minimum Gasteiger partial charge on any atom is -0.496 e. The second-order valence-corrected chi connectivity index (χ2v) is 7.77. The topological polar surface area (TPSA) is 59.9 Å². The number of ether oxygens (including phenoxy) is 2. The van der Waals surface area contributed by atoms with Crippen molar-refractivity contribution in [3.63, 3.8) is 0 Å². The van der Waals surface area contributed by atoms with Gasteiger partial charge in [-0.2, -0.15) is 5.10 Å². The number of carbonyl (C=O) groups is 1. The van der Waals surface area contributed by atoms with Crippen LogP contribution in [-0.4, -0.2) is 19.2 Å². The Balaban J connectivity index is 1.59. The Labute approximate surface area is 186 Å². The van der Waals surface area contributed by atoms with E-state index in [1.165, 1.54) is 7.11 Å². The van der Waals surface area contributed by atoms with Crippen molar-refractivity contribution >= 4 is 44.0 Å². The quantitative estimate of drug-likeness (QED) is 0.329. The van der Waals surface area contributed by atoms with Crippen molar-refractivity contribution in [2.75, 3.05) is 7.11 Å². The number of hydrazone groups is 1. The van der Waals surface area contributed by atoms with Gasteiger partial charge in [0.25, 0.3) is 5.91 Å². The molecule has 0 saturated carbocycles. The number of nitrogens with zero attached hydrogens (tertiary/aromatic N) is 1. The lowest BCUT2D eigenvalue weighted by atomic mass is 10.2. The Kier molecular flexibility index (Phi) is 7.43. The predicted octanol–water partition coefficient (Wildman–Crippen LogP) is 5.56. The van der Waals surface area contributed by atoms with Gasteiger partial charge in [0.2, 0.25) is 0 Å². The zero-order chi connectivity index (χ0) is 20.6. The van der Waals surface area contributed by atoms with Crippen LogP contribution >= 0.6 is 31.9 Å². The number of hydrogen-bond acceptors (Lipinski definition) is 4. The normalized spacial score (nSPS) is 10.7. The van der Waals surface area contributed by atoms with Crippen molar-refractivity contribution in [2.45, 2.75) is 6.61 Å². The molecule has 0 atom stereocenters. The third-order valence-electron chi connectivity index (χ3n) is 3.99. The van der Waals surface area contributed by atoms with Gasteiger partial charge in [-0.1, -0.05) is 40.2 Å². The van der Waals surface area contributed by atoms with Crippen LogP contribution in [0.3, 0.4) is 0 Å². The summed E-state index contributed by atoms with van der Waals surface area (Å²) in [6.45, 7) is 0.467. The highest BCUT2D eigenvalue weighted by atomic mass is 79.9. The van der Waals surface area contributed by atoms with Crippen LogP contribution in [0.5, 0.6) is 11.5 Å². The molecular formula is C22H18Br2N2O3. The lowest BCUT2D eigenvalue weighted by Gasteiger charge is -2.09. The zero-order valence-corrected chi connectivity index (χ0v) is 18.7. The van der Waals surface area contributed by atoms with Crippen molar-refractivity contribution in [3.05, 3.63) is 92.4 Å². The molecular weight excluding hydrogens is 500 g/mol. The average molecular weight is 518 g/mol. The van der Waals surface area contributed by atoms with Crippen LogP contribution in [0.4, 0.5) is 0 Å². The van der Waals surface area contributed by atoms with E-state index in [0.29, 0.717) is 17.9 Å². The second-order valence-electron chi connectivity index (χ2n) is 6.00. The van der Waals surface area contributed by atoms with Crippen molar-refractivity contribution in [1.82, 2.24) is 5.43 Å². The highest BCUT2D eigenvalue weighted by Gasteiger charge is 2.10. The third kappa shape index (κ3) is 5.92. The molecule has 0 aliphatic carbocycles. The van der Waals surface area contributed by atoms with Gasteiger partial charge < -0.3 is 9.47 Å². The number of amides is 1. The first kappa shape index (κ1) is 21.1. The molecule has 7 heteroatoms. The van der Waals surface area contributed by atoms with Gasteiger partial charge in [0.15, 0.2) is 0 Å². The Morgan fingerprint density at radius 2 is 1.79 bits per heavy atom.